The van der Waals surface area contributed by atoms with Gasteiger partial charge in [-0.2, -0.15) is 0 Å². The molecule has 0 spiro atoms. The Morgan fingerprint density at radius 3 is 2.65 bits per heavy atom. The van der Waals surface area contributed by atoms with Crippen LogP contribution >= 0.6 is 45.9 Å². The number of aryl methyl sites for hydroxylation is 1. The first-order chi connectivity index (χ1) is 8.11. The standard InChI is InChI=1S/C11H12Cl2N2S2/c1-6-5-16-11(10(6)13)8(15-14)4-7-2-3-9(12)17-7/h2-3,5,8,15H,4,14H2,1H3. The summed E-state index contributed by atoms with van der Waals surface area (Å²) in [6.45, 7) is 2.00. The van der Waals surface area contributed by atoms with Gasteiger partial charge in [0.1, 0.15) is 0 Å². The van der Waals surface area contributed by atoms with E-state index in [0.717, 1.165) is 26.2 Å². The number of thiophene rings is 2. The Balaban J connectivity index is 2.19. The Hall–Kier alpha value is -0.100. The highest BCUT2D eigenvalue weighted by atomic mass is 35.5. The molecule has 2 nitrogen and oxygen atoms in total. The number of halogens is 2. The van der Waals surface area contributed by atoms with Gasteiger partial charge in [-0.05, 0) is 30.0 Å². The molecular weight excluding hydrogens is 295 g/mol. The zero-order valence-corrected chi connectivity index (χ0v) is 12.3. The molecule has 0 fully saturated rings. The summed E-state index contributed by atoms with van der Waals surface area (Å²) in [6.07, 6.45) is 0.799. The van der Waals surface area contributed by atoms with Gasteiger partial charge in [0.15, 0.2) is 0 Å². The van der Waals surface area contributed by atoms with Crippen LogP contribution in [0.2, 0.25) is 9.36 Å². The molecule has 0 saturated carbocycles. The number of hydrogen-bond donors (Lipinski definition) is 2. The Morgan fingerprint density at radius 2 is 2.18 bits per heavy atom. The van der Waals surface area contributed by atoms with Crippen LogP contribution in [0.3, 0.4) is 0 Å². The fourth-order valence-corrected chi connectivity index (χ4v) is 4.09. The highest BCUT2D eigenvalue weighted by Crippen LogP contribution is 2.35. The van der Waals surface area contributed by atoms with Crippen molar-refractivity contribution in [2.75, 3.05) is 0 Å². The van der Waals surface area contributed by atoms with Gasteiger partial charge in [-0.25, -0.2) is 0 Å². The summed E-state index contributed by atoms with van der Waals surface area (Å²) in [7, 11) is 0. The molecule has 1 unspecified atom stereocenters. The monoisotopic (exact) mass is 306 g/mol. The molecule has 2 aromatic rings. The van der Waals surface area contributed by atoms with Crippen LogP contribution in [0.15, 0.2) is 17.5 Å². The second-order valence-electron chi connectivity index (χ2n) is 3.73. The van der Waals surface area contributed by atoms with Gasteiger partial charge in [0, 0.05) is 16.2 Å². The van der Waals surface area contributed by atoms with E-state index in [0.29, 0.717) is 0 Å². The van der Waals surface area contributed by atoms with Crippen LogP contribution in [0.25, 0.3) is 0 Å². The molecule has 3 N–H and O–H groups in total. The largest absolute Gasteiger partial charge is 0.271 e. The van der Waals surface area contributed by atoms with Crippen LogP contribution in [0.5, 0.6) is 0 Å². The van der Waals surface area contributed by atoms with Crippen molar-refractivity contribution in [1.82, 2.24) is 5.43 Å². The first-order valence-electron chi connectivity index (χ1n) is 5.05. The van der Waals surface area contributed by atoms with Crippen molar-refractivity contribution in [1.29, 1.82) is 0 Å². The third-order valence-electron chi connectivity index (χ3n) is 2.48. The van der Waals surface area contributed by atoms with Gasteiger partial charge < -0.3 is 0 Å². The average Bonchev–Trinajstić information content (AvgIpc) is 2.85. The molecule has 2 rings (SSSR count). The van der Waals surface area contributed by atoms with Gasteiger partial charge >= 0.3 is 0 Å². The molecule has 0 saturated heterocycles. The van der Waals surface area contributed by atoms with E-state index in [-0.39, 0.29) is 6.04 Å². The second kappa shape index (κ2) is 5.69. The summed E-state index contributed by atoms with van der Waals surface area (Å²) in [4.78, 5) is 2.27. The number of hydrogen-bond acceptors (Lipinski definition) is 4. The Kier molecular flexibility index (Phi) is 4.47. The van der Waals surface area contributed by atoms with Crippen LogP contribution in [0.4, 0.5) is 0 Å². The fraction of sp³-hybridized carbons (Fsp3) is 0.273. The van der Waals surface area contributed by atoms with Crippen molar-refractivity contribution >= 4 is 45.9 Å². The normalized spacial score (nSPS) is 12.9. The smallest absolute Gasteiger partial charge is 0.0931 e. The van der Waals surface area contributed by atoms with Gasteiger partial charge in [0.2, 0.25) is 0 Å². The fourth-order valence-electron chi connectivity index (χ4n) is 1.57. The van der Waals surface area contributed by atoms with Gasteiger partial charge in [0.25, 0.3) is 0 Å². The first-order valence-corrected chi connectivity index (χ1v) is 7.51. The lowest BCUT2D eigenvalue weighted by atomic mass is 10.1. The molecule has 2 heterocycles. The minimum absolute atomic E-state index is 0.0379. The van der Waals surface area contributed by atoms with Gasteiger partial charge in [0.05, 0.1) is 15.4 Å². The van der Waals surface area contributed by atoms with Crippen LogP contribution in [-0.4, -0.2) is 0 Å². The highest BCUT2D eigenvalue weighted by molar-refractivity contribution is 7.16. The predicted molar refractivity (Wildman–Crippen MR) is 77.2 cm³/mol. The van der Waals surface area contributed by atoms with Crippen LogP contribution in [0.1, 0.15) is 21.4 Å². The van der Waals surface area contributed by atoms with E-state index in [1.54, 1.807) is 22.7 Å². The third kappa shape index (κ3) is 3.02. The molecule has 0 aliphatic heterocycles. The number of rotatable bonds is 4. The van der Waals surface area contributed by atoms with Crippen molar-refractivity contribution in [3.8, 4) is 0 Å². The molecule has 0 bridgehead atoms. The van der Waals surface area contributed by atoms with E-state index in [1.165, 1.54) is 4.88 Å². The van der Waals surface area contributed by atoms with Gasteiger partial charge in [-0.15, -0.1) is 22.7 Å². The number of nitrogens with two attached hydrogens (primary N) is 1. The van der Waals surface area contributed by atoms with Crippen molar-refractivity contribution in [3.05, 3.63) is 42.2 Å². The molecule has 0 radical (unpaired) electrons. The highest BCUT2D eigenvalue weighted by Gasteiger charge is 2.18. The zero-order chi connectivity index (χ0) is 12.4. The van der Waals surface area contributed by atoms with Crippen molar-refractivity contribution < 1.29 is 0 Å². The lowest BCUT2D eigenvalue weighted by molar-refractivity contribution is 0.564. The van der Waals surface area contributed by atoms with Crippen LogP contribution in [-0.2, 0) is 6.42 Å². The Labute approximate surface area is 118 Å². The Morgan fingerprint density at radius 1 is 1.41 bits per heavy atom. The molecule has 0 aliphatic rings. The quantitative estimate of drug-likeness (QED) is 0.657. The minimum atomic E-state index is 0.0379. The molecule has 0 aliphatic carbocycles. The molecule has 2 aromatic heterocycles. The number of nitrogens with one attached hydrogen (secondary N) is 1. The predicted octanol–water partition coefficient (Wildman–Crippen LogP) is 4.17. The second-order valence-corrected chi connectivity index (χ2v) is 6.81. The summed E-state index contributed by atoms with van der Waals surface area (Å²) in [6, 6.07) is 3.96. The molecule has 6 heteroatoms. The van der Waals surface area contributed by atoms with E-state index in [1.807, 2.05) is 24.4 Å². The maximum atomic E-state index is 6.25. The van der Waals surface area contributed by atoms with Crippen LogP contribution < -0.4 is 11.3 Å². The maximum Gasteiger partial charge on any atom is 0.0931 e. The molecule has 1 atom stereocenters. The van der Waals surface area contributed by atoms with E-state index < -0.39 is 0 Å². The van der Waals surface area contributed by atoms with Crippen molar-refractivity contribution in [2.24, 2.45) is 5.84 Å². The van der Waals surface area contributed by atoms with E-state index in [9.17, 15) is 0 Å². The van der Waals surface area contributed by atoms with Crippen molar-refractivity contribution in [3.63, 3.8) is 0 Å². The van der Waals surface area contributed by atoms with E-state index >= 15 is 0 Å². The summed E-state index contributed by atoms with van der Waals surface area (Å²) >= 11 is 15.4. The topological polar surface area (TPSA) is 38.0 Å². The summed E-state index contributed by atoms with van der Waals surface area (Å²) in [5, 5.41) is 2.85. The SMILES string of the molecule is Cc1csc(C(Cc2ccc(Cl)s2)NN)c1Cl. The summed E-state index contributed by atoms with van der Waals surface area (Å²) in [5.74, 6) is 5.61. The van der Waals surface area contributed by atoms with Crippen molar-refractivity contribution in [2.45, 2.75) is 19.4 Å². The van der Waals surface area contributed by atoms with E-state index in [4.69, 9.17) is 29.0 Å². The maximum absolute atomic E-state index is 6.25. The minimum Gasteiger partial charge on any atom is -0.271 e. The molecular formula is C11H12Cl2N2S2. The lowest BCUT2D eigenvalue weighted by Crippen LogP contribution is -2.28. The molecule has 17 heavy (non-hydrogen) atoms. The zero-order valence-electron chi connectivity index (χ0n) is 9.17. The van der Waals surface area contributed by atoms with Gasteiger partial charge in [-0.1, -0.05) is 23.2 Å². The Bertz CT molecular complexity index is 507. The molecule has 0 amide bonds. The van der Waals surface area contributed by atoms with Gasteiger partial charge in [-0.3, -0.25) is 11.3 Å². The first kappa shape index (κ1) is 13.3. The summed E-state index contributed by atoms with van der Waals surface area (Å²) < 4.78 is 0.796. The van der Waals surface area contributed by atoms with Crippen LogP contribution in [0, 0.1) is 6.92 Å². The van der Waals surface area contributed by atoms with E-state index in [2.05, 4.69) is 5.43 Å². The molecule has 0 aromatic carbocycles. The molecule has 92 valence electrons. The number of hydrazine groups is 1. The summed E-state index contributed by atoms with van der Waals surface area (Å²) in [5.41, 5.74) is 3.91. The third-order valence-corrected chi connectivity index (χ3v) is 5.56. The lowest BCUT2D eigenvalue weighted by Gasteiger charge is -2.13. The average molecular weight is 307 g/mol.